The summed E-state index contributed by atoms with van der Waals surface area (Å²) in [5.74, 6) is 0.605. The third kappa shape index (κ3) is 5.46. The van der Waals surface area contributed by atoms with Crippen LogP contribution in [0.1, 0.15) is 33.5 Å². The predicted molar refractivity (Wildman–Crippen MR) is 104 cm³/mol. The summed E-state index contributed by atoms with van der Waals surface area (Å²) in [5.41, 5.74) is 4.38. The smallest absolute Gasteiger partial charge is 0.251 e. The van der Waals surface area contributed by atoms with Crippen molar-refractivity contribution >= 4 is 18.3 Å². The van der Waals surface area contributed by atoms with Crippen LogP contribution < -0.4 is 15.4 Å². The zero-order chi connectivity index (χ0) is 17.5. The van der Waals surface area contributed by atoms with Gasteiger partial charge in [0, 0.05) is 45.3 Å². The van der Waals surface area contributed by atoms with E-state index in [1.807, 2.05) is 12.1 Å². The zero-order valence-electron chi connectivity index (χ0n) is 14.9. The maximum atomic E-state index is 12.4. The molecule has 0 atom stereocenters. The number of amides is 1. The van der Waals surface area contributed by atoms with Gasteiger partial charge in [0.1, 0.15) is 5.75 Å². The second-order valence-electron chi connectivity index (χ2n) is 6.11. The SMILES string of the molecule is COCCCOc1cccc(C(=O)NCc2ccc3c(c2)CNC3)c1.Cl. The summed E-state index contributed by atoms with van der Waals surface area (Å²) in [5, 5.41) is 6.30. The predicted octanol–water partition coefficient (Wildman–Crippen LogP) is 3.06. The van der Waals surface area contributed by atoms with E-state index in [0.717, 1.165) is 25.1 Å². The lowest BCUT2D eigenvalue weighted by Crippen LogP contribution is -2.22. The molecule has 26 heavy (non-hydrogen) atoms. The summed E-state index contributed by atoms with van der Waals surface area (Å²) in [7, 11) is 1.67. The lowest BCUT2D eigenvalue weighted by molar-refractivity contribution is 0.0950. The second kappa shape index (κ2) is 10.2. The summed E-state index contributed by atoms with van der Waals surface area (Å²) in [6.07, 6.45) is 0.820. The number of ether oxygens (including phenoxy) is 2. The van der Waals surface area contributed by atoms with Crippen molar-refractivity contribution in [2.75, 3.05) is 20.3 Å². The minimum absolute atomic E-state index is 0. The van der Waals surface area contributed by atoms with Gasteiger partial charge in [-0.2, -0.15) is 0 Å². The van der Waals surface area contributed by atoms with Gasteiger partial charge in [0.2, 0.25) is 0 Å². The number of carbonyl (C=O) groups is 1. The number of halogens is 1. The first-order chi connectivity index (χ1) is 12.3. The molecule has 1 heterocycles. The first kappa shape index (κ1) is 20.2. The molecule has 1 aliphatic rings. The van der Waals surface area contributed by atoms with Gasteiger partial charge in [0.15, 0.2) is 0 Å². The van der Waals surface area contributed by atoms with E-state index in [1.165, 1.54) is 11.1 Å². The van der Waals surface area contributed by atoms with E-state index in [1.54, 1.807) is 19.2 Å². The molecule has 0 saturated carbocycles. The van der Waals surface area contributed by atoms with E-state index in [4.69, 9.17) is 9.47 Å². The molecule has 1 amide bonds. The third-order valence-electron chi connectivity index (χ3n) is 4.21. The van der Waals surface area contributed by atoms with Crippen LogP contribution in [0.4, 0.5) is 0 Å². The topological polar surface area (TPSA) is 59.6 Å². The molecule has 2 aromatic carbocycles. The number of hydrogen-bond donors (Lipinski definition) is 2. The third-order valence-corrected chi connectivity index (χ3v) is 4.21. The van der Waals surface area contributed by atoms with Crippen LogP contribution in [0.5, 0.6) is 5.75 Å². The first-order valence-electron chi connectivity index (χ1n) is 8.57. The van der Waals surface area contributed by atoms with Crippen molar-refractivity contribution in [2.45, 2.75) is 26.1 Å². The van der Waals surface area contributed by atoms with Gasteiger partial charge < -0.3 is 20.1 Å². The normalized spacial score (nSPS) is 12.2. The first-order valence-corrected chi connectivity index (χ1v) is 8.57. The summed E-state index contributed by atoms with van der Waals surface area (Å²) >= 11 is 0. The fourth-order valence-electron chi connectivity index (χ4n) is 2.86. The lowest BCUT2D eigenvalue weighted by atomic mass is 10.1. The van der Waals surface area contributed by atoms with E-state index < -0.39 is 0 Å². The van der Waals surface area contributed by atoms with Crippen LogP contribution >= 0.6 is 12.4 Å². The summed E-state index contributed by atoms with van der Waals surface area (Å²) < 4.78 is 10.6. The Balaban J connectivity index is 0.00000243. The Morgan fingerprint density at radius 3 is 2.81 bits per heavy atom. The van der Waals surface area contributed by atoms with Gasteiger partial charge in [-0.3, -0.25) is 4.79 Å². The van der Waals surface area contributed by atoms with Gasteiger partial charge in [0.05, 0.1) is 6.61 Å². The highest BCUT2D eigenvalue weighted by molar-refractivity contribution is 5.94. The minimum atomic E-state index is -0.0963. The van der Waals surface area contributed by atoms with E-state index in [0.29, 0.717) is 31.1 Å². The van der Waals surface area contributed by atoms with E-state index >= 15 is 0 Å². The Morgan fingerprint density at radius 1 is 1.12 bits per heavy atom. The molecule has 0 unspecified atom stereocenters. The Hall–Kier alpha value is -2.08. The van der Waals surface area contributed by atoms with E-state index in [9.17, 15) is 4.79 Å². The maximum absolute atomic E-state index is 12.4. The van der Waals surface area contributed by atoms with Crippen LogP contribution in [0.25, 0.3) is 0 Å². The number of rotatable bonds is 8. The molecule has 0 radical (unpaired) electrons. The van der Waals surface area contributed by atoms with Crippen LogP contribution in [0.2, 0.25) is 0 Å². The highest BCUT2D eigenvalue weighted by Crippen LogP contribution is 2.17. The molecule has 0 aromatic heterocycles. The van der Waals surface area contributed by atoms with Gasteiger partial charge in [-0.05, 0) is 34.9 Å². The molecular formula is C20H25ClN2O3. The number of carbonyl (C=O) groups excluding carboxylic acids is 1. The highest BCUT2D eigenvalue weighted by Gasteiger charge is 2.11. The average molecular weight is 377 g/mol. The minimum Gasteiger partial charge on any atom is -0.493 e. The van der Waals surface area contributed by atoms with Gasteiger partial charge in [-0.25, -0.2) is 0 Å². The number of hydrogen-bond acceptors (Lipinski definition) is 4. The molecular weight excluding hydrogens is 352 g/mol. The van der Waals surface area contributed by atoms with Gasteiger partial charge in [-0.1, -0.05) is 24.3 Å². The Kier molecular flexibility index (Phi) is 7.91. The van der Waals surface area contributed by atoms with Gasteiger partial charge in [0.25, 0.3) is 5.91 Å². The van der Waals surface area contributed by atoms with Crippen molar-refractivity contribution in [1.82, 2.24) is 10.6 Å². The molecule has 3 rings (SSSR count). The largest absolute Gasteiger partial charge is 0.493 e. The average Bonchev–Trinajstić information content (AvgIpc) is 3.11. The van der Waals surface area contributed by atoms with Crippen LogP contribution in [-0.2, 0) is 24.4 Å². The second-order valence-corrected chi connectivity index (χ2v) is 6.11. The van der Waals surface area contributed by atoms with Crippen LogP contribution in [0.15, 0.2) is 42.5 Å². The van der Waals surface area contributed by atoms with Crippen molar-refractivity contribution in [3.8, 4) is 5.75 Å². The number of benzene rings is 2. The summed E-state index contributed by atoms with van der Waals surface area (Å²) in [4.78, 5) is 12.4. The van der Waals surface area contributed by atoms with Gasteiger partial charge in [-0.15, -0.1) is 12.4 Å². The van der Waals surface area contributed by atoms with Crippen LogP contribution in [0, 0.1) is 0 Å². The molecule has 2 N–H and O–H groups in total. The van der Waals surface area contributed by atoms with E-state index in [2.05, 4.69) is 28.8 Å². The molecule has 2 aromatic rings. The highest BCUT2D eigenvalue weighted by atomic mass is 35.5. The molecule has 0 spiro atoms. The summed E-state index contributed by atoms with van der Waals surface area (Å²) in [6, 6.07) is 13.6. The maximum Gasteiger partial charge on any atom is 0.251 e. The number of fused-ring (bicyclic) bond motifs is 1. The Bertz CT molecular complexity index is 737. The fourth-order valence-corrected chi connectivity index (χ4v) is 2.86. The van der Waals surface area contributed by atoms with Crippen molar-refractivity contribution in [1.29, 1.82) is 0 Å². The molecule has 0 fully saturated rings. The molecule has 0 bridgehead atoms. The molecule has 1 aliphatic heterocycles. The quantitative estimate of drug-likeness (QED) is 0.695. The van der Waals surface area contributed by atoms with Gasteiger partial charge >= 0.3 is 0 Å². The molecule has 6 heteroatoms. The molecule has 0 saturated heterocycles. The molecule has 140 valence electrons. The van der Waals surface area contributed by atoms with Crippen molar-refractivity contribution in [3.63, 3.8) is 0 Å². The number of nitrogens with one attached hydrogen (secondary N) is 2. The Morgan fingerprint density at radius 2 is 1.96 bits per heavy atom. The molecule has 0 aliphatic carbocycles. The lowest BCUT2D eigenvalue weighted by Gasteiger charge is -2.09. The van der Waals surface area contributed by atoms with Crippen LogP contribution in [0.3, 0.4) is 0 Å². The molecule has 5 nitrogen and oxygen atoms in total. The Labute approximate surface area is 160 Å². The number of methoxy groups -OCH3 is 1. The van der Waals surface area contributed by atoms with E-state index in [-0.39, 0.29) is 18.3 Å². The standard InChI is InChI=1S/C20H24N2O3.ClH/c1-24-8-3-9-25-19-5-2-4-16(11-19)20(23)22-12-15-6-7-17-13-21-14-18(17)10-15;/h2,4-7,10-11,21H,3,8-9,12-14H2,1H3,(H,22,23);1H. The van der Waals surface area contributed by atoms with Crippen molar-refractivity contribution in [2.24, 2.45) is 0 Å². The summed E-state index contributed by atoms with van der Waals surface area (Å²) in [6.45, 7) is 3.59. The van der Waals surface area contributed by atoms with Crippen LogP contribution in [-0.4, -0.2) is 26.2 Å². The fraction of sp³-hybridized carbons (Fsp3) is 0.350. The zero-order valence-corrected chi connectivity index (χ0v) is 15.7. The van der Waals surface area contributed by atoms with Crippen molar-refractivity contribution < 1.29 is 14.3 Å². The van der Waals surface area contributed by atoms with Crippen molar-refractivity contribution in [3.05, 3.63) is 64.7 Å². The monoisotopic (exact) mass is 376 g/mol.